The summed E-state index contributed by atoms with van der Waals surface area (Å²) in [5.74, 6) is -1.20. The lowest BCUT2D eigenvalue weighted by molar-refractivity contribution is 0.616. The molecule has 0 bridgehead atoms. The fourth-order valence-corrected chi connectivity index (χ4v) is 1.87. The van der Waals surface area contributed by atoms with Gasteiger partial charge in [-0.1, -0.05) is 29.8 Å². The summed E-state index contributed by atoms with van der Waals surface area (Å²) >= 11 is 5.67. The van der Waals surface area contributed by atoms with Gasteiger partial charge >= 0.3 is 0 Å². The van der Waals surface area contributed by atoms with Crippen LogP contribution in [0.5, 0.6) is 0 Å². The summed E-state index contributed by atoms with van der Waals surface area (Å²) in [7, 11) is 0. The Balaban J connectivity index is 2.60. The zero-order valence-corrected chi connectivity index (χ0v) is 10.0. The molecular weight excluding hydrogens is 256 g/mol. The highest BCUT2D eigenvalue weighted by Gasteiger charge is 2.13. The first-order valence-electron chi connectivity index (χ1n) is 5.23. The van der Waals surface area contributed by atoms with E-state index in [1.54, 1.807) is 6.07 Å². The first kappa shape index (κ1) is 12.5. The Morgan fingerprint density at radius 2 is 1.89 bits per heavy atom. The molecule has 2 aromatic carbocycles. The number of rotatable bonds is 2. The molecule has 4 heteroatoms. The Morgan fingerprint density at radius 3 is 2.61 bits per heavy atom. The summed E-state index contributed by atoms with van der Waals surface area (Å²) in [6, 6.07) is 10.6. The Bertz CT molecular complexity index is 632. The predicted molar refractivity (Wildman–Crippen MR) is 66.1 cm³/mol. The molecule has 0 fully saturated rings. The molecule has 2 aromatic rings. The van der Waals surface area contributed by atoms with Crippen molar-refractivity contribution in [2.24, 2.45) is 0 Å². The third-order valence-electron chi connectivity index (χ3n) is 2.56. The fraction of sp³-hybridized carbons (Fsp3) is 0.0714. The summed E-state index contributed by atoms with van der Waals surface area (Å²) in [6.07, 6.45) is 0.148. The van der Waals surface area contributed by atoms with E-state index >= 15 is 0 Å². The number of nitrogens with zero attached hydrogens (tertiary/aromatic N) is 1. The summed E-state index contributed by atoms with van der Waals surface area (Å²) in [6.45, 7) is 0. The third-order valence-corrected chi connectivity index (χ3v) is 2.85. The first-order valence-corrected chi connectivity index (χ1v) is 5.61. The van der Waals surface area contributed by atoms with Crippen LogP contribution >= 0.6 is 11.6 Å². The van der Waals surface area contributed by atoms with Gasteiger partial charge in [0.1, 0.15) is 11.6 Å². The van der Waals surface area contributed by atoms with Crippen LogP contribution in [0.4, 0.5) is 8.78 Å². The Labute approximate surface area is 108 Å². The van der Waals surface area contributed by atoms with Gasteiger partial charge in [-0.3, -0.25) is 0 Å². The van der Waals surface area contributed by atoms with Gasteiger partial charge in [0.25, 0.3) is 0 Å². The number of halogens is 3. The molecule has 0 amide bonds. The molecule has 18 heavy (non-hydrogen) atoms. The minimum atomic E-state index is -0.660. The highest BCUT2D eigenvalue weighted by Crippen LogP contribution is 2.30. The Hall–Kier alpha value is -1.92. The second-order valence-corrected chi connectivity index (χ2v) is 4.16. The van der Waals surface area contributed by atoms with Crippen LogP contribution in [0.3, 0.4) is 0 Å². The van der Waals surface area contributed by atoms with Crippen molar-refractivity contribution in [3.63, 3.8) is 0 Å². The molecule has 0 saturated carbocycles. The van der Waals surface area contributed by atoms with Crippen LogP contribution in [0.15, 0.2) is 36.4 Å². The molecule has 0 unspecified atom stereocenters. The van der Waals surface area contributed by atoms with Gasteiger partial charge in [-0.2, -0.15) is 5.26 Å². The average Bonchev–Trinajstić information content (AvgIpc) is 2.36. The number of hydrogen-bond donors (Lipinski definition) is 0. The van der Waals surface area contributed by atoms with Crippen molar-refractivity contribution >= 4 is 11.6 Å². The quantitative estimate of drug-likeness (QED) is 0.790. The number of benzene rings is 2. The molecule has 0 saturated heterocycles. The fourth-order valence-electron chi connectivity index (χ4n) is 1.69. The molecule has 0 aliphatic heterocycles. The van der Waals surface area contributed by atoms with E-state index in [4.69, 9.17) is 16.9 Å². The van der Waals surface area contributed by atoms with Crippen LogP contribution in [0, 0.1) is 23.0 Å². The minimum Gasteiger partial charge on any atom is -0.206 e. The van der Waals surface area contributed by atoms with E-state index in [0.717, 1.165) is 0 Å². The van der Waals surface area contributed by atoms with Gasteiger partial charge in [0.15, 0.2) is 0 Å². The molecule has 1 nitrogen and oxygen atoms in total. The van der Waals surface area contributed by atoms with Crippen molar-refractivity contribution in [1.29, 1.82) is 5.26 Å². The van der Waals surface area contributed by atoms with Gasteiger partial charge in [-0.05, 0) is 23.8 Å². The van der Waals surface area contributed by atoms with E-state index < -0.39 is 11.6 Å². The van der Waals surface area contributed by atoms with Gasteiger partial charge in [0, 0.05) is 11.1 Å². The molecule has 0 N–H and O–H groups in total. The highest BCUT2D eigenvalue weighted by atomic mass is 35.5. The first-order chi connectivity index (χ1) is 8.63. The van der Waals surface area contributed by atoms with E-state index in [0.29, 0.717) is 5.56 Å². The van der Waals surface area contributed by atoms with E-state index in [2.05, 4.69) is 0 Å². The Morgan fingerprint density at radius 1 is 1.11 bits per heavy atom. The zero-order chi connectivity index (χ0) is 13.1. The second-order valence-electron chi connectivity index (χ2n) is 3.75. The standard InChI is InChI=1S/C14H8ClF2N/c15-12-3-1-2-10(14(12)17)11-8-9(6-7-18)4-5-13(11)16/h1-5,8H,6H2. The van der Waals surface area contributed by atoms with E-state index in [1.807, 2.05) is 6.07 Å². The van der Waals surface area contributed by atoms with Gasteiger partial charge in [0.05, 0.1) is 17.5 Å². The van der Waals surface area contributed by atoms with Gasteiger partial charge in [-0.25, -0.2) is 8.78 Å². The summed E-state index contributed by atoms with van der Waals surface area (Å²) in [5, 5.41) is 8.55. The van der Waals surface area contributed by atoms with Gasteiger partial charge in [-0.15, -0.1) is 0 Å². The van der Waals surface area contributed by atoms with E-state index in [9.17, 15) is 8.78 Å². The number of nitriles is 1. The van der Waals surface area contributed by atoms with E-state index in [1.165, 1.54) is 30.3 Å². The summed E-state index contributed by atoms with van der Waals surface area (Å²) in [4.78, 5) is 0. The molecule has 0 aromatic heterocycles. The van der Waals surface area contributed by atoms with Crippen LogP contribution in [-0.2, 0) is 6.42 Å². The van der Waals surface area contributed by atoms with Gasteiger partial charge < -0.3 is 0 Å². The molecule has 0 aliphatic rings. The molecule has 0 atom stereocenters. The average molecular weight is 264 g/mol. The minimum absolute atomic E-state index is 0.0578. The van der Waals surface area contributed by atoms with Crippen molar-refractivity contribution in [1.82, 2.24) is 0 Å². The van der Waals surface area contributed by atoms with Crippen molar-refractivity contribution in [2.45, 2.75) is 6.42 Å². The van der Waals surface area contributed by atoms with Crippen molar-refractivity contribution in [2.75, 3.05) is 0 Å². The topological polar surface area (TPSA) is 23.8 Å². The molecule has 0 aliphatic carbocycles. The lowest BCUT2D eigenvalue weighted by Gasteiger charge is -2.07. The molecule has 0 spiro atoms. The summed E-state index contributed by atoms with van der Waals surface area (Å²) in [5.41, 5.74) is 0.843. The molecule has 2 rings (SSSR count). The molecule has 90 valence electrons. The SMILES string of the molecule is N#CCc1ccc(F)c(-c2cccc(Cl)c2F)c1. The molecule has 0 heterocycles. The Kier molecular flexibility index (Phi) is 3.59. The third kappa shape index (κ3) is 2.34. The lowest BCUT2D eigenvalue weighted by Crippen LogP contribution is -1.92. The second kappa shape index (κ2) is 5.16. The van der Waals surface area contributed by atoms with E-state index in [-0.39, 0.29) is 22.6 Å². The monoisotopic (exact) mass is 263 g/mol. The van der Waals surface area contributed by atoms with Crippen LogP contribution in [0.25, 0.3) is 11.1 Å². The van der Waals surface area contributed by atoms with Crippen molar-refractivity contribution in [3.8, 4) is 17.2 Å². The van der Waals surface area contributed by atoms with Crippen molar-refractivity contribution in [3.05, 3.63) is 58.6 Å². The van der Waals surface area contributed by atoms with Crippen LogP contribution in [-0.4, -0.2) is 0 Å². The summed E-state index contributed by atoms with van der Waals surface area (Å²) < 4.78 is 27.5. The van der Waals surface area contributed by atoms with Crippen molar-refractivity contribution < 1.29 is 8.78 Å². The molecular formula is C14H8ClF2N. The predicted octanol–water partition coefficient (Wildman–Crippen LogP) is 4.35. The highest BCUT2D eigenvalue weighted by molar-refractivity contribution is 6.31. The lowest BCUT2D eigenvalue weighted by atomic mass is 10.0. The molecule has 0 radical (unpaired) electrons. The van der Waals surface area contributed by atoms with Crippen LogP contribution in [0.2, 0.25) is 5.02 Å². The maximum Gasteiger partial charge on any atom is 0.149 e. The van der Waals surface area contributed by atoms with Crippen LogP contribution in [0.1, 0.15) is 5.56 Å². The zero-order valence-electron chi connectivity index (χ0n) is 9.25. The maximum atomic E-state index is 13.8. The normalized spacial score (nSPS) is 10.1. The maximum absolute atomic E-state index is 13.8. The van der Waals surface area contributed by atoms with Crippen LogP contribution < -0.4 is 0 Å². The smallest absolute Gasteiger partial charge is 0.149 e. The van der Waals surface area contributed by atoms with Gasteiger partial charge in [0.2, 0.25) is 0 Å². The largest absolute Gasteiger partial charge is 0.206 e. The number of hydrogen-bond acceptors (Lipinski definition) is 1.